The maximum atomic E-state index is 10.7. The van der Waals surface area contributed by atoms with Crippen LogP contribution in [0.4, 0.5) is 0 Å². The van der Waals surface area contributed by atoms with Gasteiger partial charge < -0.3 is 10.1 Å². The topological polar surface area (TPSA) is 38.3 Å². The Morgan fingerprint density at radius 1 is 1.70 bits per heavy atom. The number of carbonyl (C=O) groups excluding carboxylic acids is 1. The van der Waals surface area contributed by atoms with E-state index in [-0.39, 0.29) is 5.97 Å². The zero-order valence-corrected chi connectivity index (χ0v) is 6.44. The van der Waals surface area contributed by atoms with Gasteiger partial charge in [-0.1, -0.05) is 13.5 Å². The average molecular weight is 143 g/mol. The molecule has 0 aliphatic heterocycles. The van der Waals surface area contributed by atoms with E-state index < -0.39 is 0 Å². The van der Waals surface area contributed by atoms with Crippen LogP contribution in [0.2, 0.25) is 0 Å². The van der Waals surface area contributed by atoms with Crippen LogP contribution in [0.3, 0.4) is 0 Å². The molecule has 0 aromatic rings. The number of ether oxygens (including phenoxy) is 1. The van der Waals surface area contributed by atoms with Crippen molar-refractivity contribution in [1.29, 1.82) is 0 Å². The first kappa shape index (κ1) is 9.17. The van der Waals surface area contributed by atoms with Gasteiger partial charge in [-0.15, -0.1) is 0 Å². The summed E-state index contributed by atoms with van der Waals surface area (Å²) in [6.45, 7) is 6.82. The summed E-state index contributed by atoms with van der Waals surface area (Å²) in [5.74, 6) is -0.346. The molecule has 58 valence electrons. The van der Waals surface area contributed by atoms with E-state index in [1.165, 1.54) is 7.11 Å². The molecule has 0 saturated heterocycles. The number of nitrogens with one attached hydrogen (secondary N) is 1. The third-order valence-corrected chi connectivity index (χ3v) is 1.06. The number of hydrogen-bond acceptors (Lipinski definition) is 3. The highest BCUT2D eigenvalue weighted by Gasteiger charge is 2.03. The van der Waals surface area contributed by atoms with Gasteiger partial charge in [-0.2, -0.15) is 0 Å². The van der Waals surface area contributed by atoms with Gasteiger partial charge >= 0.3 is 5.97 Å². The minimum atomic E-state index is -0.346. The molecule has 0 aromatic heterocycles. The van der Waals surface area contributed by atoms with Gasteiger partial charge in [0.05, 0.1) is 7.11 Å². The van der Waals surface area contributed by atoms with Crippen molar-refractivity contribution in [3.05, 3.63) is 12.2 Å². The lowest BCUT2D eigenvalue weighted by atomic mass is 10.3. The molecule has 0 radical (unpaired) electrons. The summed E-state index contributed by atoms with van der Waals surface area (Å²) in [5.41, 5.74) is 0.462. The van der Waals surface area contributed by atoms with Crippen LogP contribution in [-0.2, 0) is 9.53 Å². The second-order valence-corrected chi connectivity index (χ2v) is 1.88. The van der Waals surface area contributed by atoms with Crippen molar-refractivity contribution in [2.24, 2.45) is 0 Å². The first-order valence-electron chi connectivity index (χ1n) is 3.19. The first-order valence-corrected chi connectivity index (χ1v) is 3.19. The van der Waals surface area contributed by atoms with E-state index >= 15 is 0 Å². The number of methoxy groups -OCH3 is 1. The third-order valence-electron chi connectivity index (χ3n) is 1.06. The highest BCUT2D eigenvalue weighted by Crippen LogP contribution is 1.89. The van der Waals surface area contributed by atoms with Gasteiger partial charge in [0, 0.05) is 12.1 Å². The summed E-state index contributed by atoms with van der Waals surface area (Å²) in [4.78, 5) is 10.7. The zero-order chi connectivity index (χ0) is 7.98. The van der Waals surface area contributed by atoms with Crippen LogP contribution < -0.4 is 5.32 Å². The largest absolute Gasteiger partial charge is 0.466 e. The van der Waals surface area contributed by atoms with Crippen LogP contribution in [0.25, 0.3) is 0 Å². The molecule has 1 N–H and O–H groups in total. The number of carbonyl (C=O) groups is 1. The Hall–Kier alpha value is -0.830. The summed E-state index contributed by atoms with van der Waals surface area (Å²) >= 11 is 0. The van der Waals surface area contributed by atoms with Gasteiger partial charge in [0.25, 0.3) is 0 Å². The van der Waals surface area contributed by atoms with Gasteiger partial charge in [0.15, 0.2) is 0 Å². The van der Waals surface area contributed by atoms with Gasteiger partial charge in [-0.05, 0) is 6.54 Å². The van der Waals surface area contributed by atoms with Crippen LogP contribution in [-0.4, -0.2) is 26.2 Å². The molecule has 0 amide bonds. The lowest BCUT2D eigenvalue weighted by molar-refractivity contribution is -0.136. The fourth-order valence-electron chi connectivity index (χ4n) is 0.492. The van der Waals surface area contributed by atoms with E-state index in [1.807, 2.05) is 6.92 Å². The van der Waals surface area contributed by atoms with Gasteiger partial charge in [-0.25, -0.2) is 4.79 Å². The molecule has 0 saturated carbocycles. The minimum Gasteiger partial charge on any atom is -0.466 e. The molecule has 3 heteroatoms. The van der Waals surface area contributed by atoms with Crippen LogP contribution in [0, 0.1) is 0 Å². The highest BCUT2D eigenvalue weighted by atomic mass is 16.5. The maximum Gasteiger partial charge on any atom is 0.334 e. The molecule has 10 heavy (non-hydrogen) atoms. The number of likely N-dealkylation sites (N-methyl/N-ethyl adjacent to an activating group) is 1. The molecule has 0 fully saturated rings. The van der Waals surface area contributed by atoms with Gasteiger partial charge in [0.1, 0.15) is 0 Å². The molecule has 0 aromatic carbocycles. The number of esters is 1. The Kier molecular flexibility index (Phi) is 4.58. The van der Waals surface area contributed by atoms with Crippen molar-refractivity contribution in [1.82, 2.24) is 5.32 Å². The predicted molar refractivity (Wildman–Crippen MR) is 39.7 cm³/mol. The Labute approximate surface area is 61.1 Å². The van der Waals surface area contributed by atoms with Crippen molar-refractivity contribution in [2.45, 2.75) is 6.92 Å². The molecule has 0 atom stereocenters. The summed E-state index contributed by atoms with van der Waals surface area (Å²) < 4.78 is 4.43. The van der Waals surface area contributed by atoms with Crippen molar-refractivity contribution in [2.75, 3.05) is 20.2 Å². The molecule has 0 spiro atoms. The maximum absolute atomic E-state index is 10.7. The van der Waals surface area contributed by atoms with Crippen molar-refractivity contribution in [3.63, 3.8) is 0 Å². The molecule has 0 rings (SSSR count). The first-order chi connectivity index (χ1) is 4.72. The van der Waals surface area contributed by atoms with E-state index in [9.17, 15) is 4.79 Å². The van der Waals surface area contributed by atoms with E-state index in [0.717, 1.165) is 6.54 Å². The highest BCUT2D eigenvalue weighted by molar-refractivity contribution is 5.87. The summed E-state index contributed by atoms with van der Waals surface area (Å²) in [6, 6.07) is 0. The van der Waals surface area contributed by atoms with E-state index in [0.29, 0.717) is 12.1 Å². The number of rotatable bonds is 4. The molecular weight excluding hydrogens is 130 g/mol. The third kappa shape index (κ3) is 3.25. The quantitative estimate of drug-likeness (QED) is 0.455. The zero-order valence-electron chi connectivity index (χ0n) is 6.44. The smallest absolute Gasteiger partial charge is 0.334 e. The van der Waals surface area contributed by atoms with Crippen molar-refractivity contribution < 1.29 is 9.53 Å². The van der Waals surface area contributed by atoms with E-state index in [2.05, 4.69) is 16.6 Å². The Bertz CT molecular complexity index is 132. The summed E-state index contributed by atoms with van der Waals surface area (Å²) in [5, 5.41) is 2.96. The van der Waals surface area contributed by atoms with Gasteiger partial charge in [0.2, 0.25) is 0 Å². The molecule has 0 heterocycles. The van der Waals surface area contributed by atoms with Crippen LogP contribution in [0.15, 0.2) is 12.2 Å². The average Bonchev–Trinajstić information content (AvgIpc) is 1.98. The van der Waals surface area contributed by atoms with E-state index in [1.54, 1.807) is 0 Å². The Morgan fingerprint density at radius 3 is 2.70 bits per heavy atom. The van der Waals surface area contributed by atoms with E-state index in [4.69, 9.17) is 0 Å². The van der Waals surface area contributed by atoms with Crippen LogP contribution in [0.5, 0.6) is 0 Å². The minimum absolute atomic E-state index is 0.346. The van der Waals surface area contributed by atoms with Crippen LogP contribution >= 0.6 is 0 Å². The Morgan fingerprint density at radius 2 is 2.30 bits per heavy atom. The second kappa shape index (κ2) is 4.99. The molecule has 0 unspecified atom stereocenters. The fraction of sp³-hybridized carbons (Fsp3) is 0.571. The molecular formula is C7H13NO2. The summed E-state index contributed by atoms with van der Waals surface area (Å²) in [7, 11) is 1.35. The molecule has 0 aliphatic rings. The monoisotopic (exact) mass is 143 g/mol. The SMILES string of the molecule is C=C(CNCC)C(=O)OC. The predicted octanol–water partition coefficient (Wildman–Crippen LogP) is 0.325. The molecule has 0 aliphatic carbocycles. The Balaban J connectivity index is 3.52. The van der Waals surface area contributed by atoms with Gasteiger partial charge in [-0.3, -0.25) is 0 Å². The molecule has 0 bridgehead atoms. The second-order valence-electron chi connectivity index (χ2n) is 1.88. The standard InChI is InChI=1S/C7H13NO2/c1-4-8-5-6(2)7(9)10-3/h8H,2,4-5H2,1,3H3. The van der Waals surface area contributed by atoms with Crippen molar-refractivity contribution in [3.8, 4) is 0 Å². The van der Waals surface area contributed by atoms with Crippen molar-refractivity contribution >= 4 is 5.97 Å². The fourth-order valence-corrected chi connectivity index (χ4v) is 0.492. The lowest BCUT2D eigenvalue weighted by Gasteiger charge is -2.02. The molecule has 3 nitrogen and oxygen atoms in total. The van der Waals surface area contributed by atoms with Crippen LogP contribution in [0.1, 0.15) is 6.92 Å². The normalized spacial score (nSPS) is 9.00. The number of hydrogen-bond donors (Lipinski definition) is 1. The summed E-state index contributed by atoms with van der Waals surface area (Å²) in [6.07, 6.45) is 0. The lowest BCUT2D eigenvalue weighted by Crippen LogP contribution is -2.20.